The number of ether oxygens (including phenoxy) is 1. The molecule has 14 heavy (non-hydrogen) atoms. The number of rotatable bonds is 1. The SMILES string of the molecule is CC(C)(C)Oc1cc(C#N)cc(Cl)n1. The van der Waals surface area contributed by atoms with Gasteiger partial charge in [-0.1, -0.05) is 11.6 Å². The molecule has 74 valence electrons. The number of hydrogen-bond acceptors (Lipinski definition) is 3. The quantitative estimate of drug-likeness (QED) is 0.670. The molecule has 0 radical (unpaired) electrons. The van der Waals surface area contributed by atoms with Gasteiger partial charge in [-0.15, -0.1) is 0 Å². The van der Waals surface area contributed by atoms with Gasteiger partial charge in [0, 0.05) is 6.07 Å². The molecule has 1 aromatic rings. The second kappa shape index (κ2) is 3.85. The van der Waals surface area contributed by atoms with Crippen LogP contribution in [0.2, 0.25) is 5.15 Å². The van der Waals surface area contributed by atoms with Crippen LogP contribution in [0.5, 0.6) is 5.88 Å². The van der Waals surface area contributed by atoms with E-state index >= 15 is 0 Å². The number of halogens is 1. The highest BCUT2D eigenvalue weighted by Crippen LogP contribution is 2.19. The molecule has 0 bridgehead atoms. The smallest absolute Gasteiger partial charge is 0.216 e. The molecule has 0 fully saturated rings. The molecule has 0 aliphatic rings. The second-order valence-corrected chi connectivity index (χ2v) is 4.23. The molecular weight excluding hydrogens is 200 g/mol. The molecule has 0 saturated heterocycles. The Bertz CT molecular complexity index is 377. The first kappa shape index (κ1) is 10.8. The molecule has 0 N–H and O–H groups in total. The van der Waals surface area contributed by atoms with Crippen molar-refractivity contribution in [2.45, 2.75) is 26.4 Å². The number of nitriles is 1. The first-order valence-corrected chi connectivity index (χ1v) is 4.55. The van der Waals surface area contributed by atoms with Crippen LogP contribution in [0.3, 0.4) is 0 Å². The minimum absolute atomic E-state index is 0.267. The molecule has 0 unspecified atom stereocenters. The van der Waals surface area contributed by atoms with E-state index in [0.717, 1.165) is 0 Å². The van der Waals surface area contributed by atoms with Crippen molar-refractivity contribution in [3.05, 3.63) is 22.8 Å². The second-order valence-electron chi connectivity index (χ2n) is 3.84. The normalized spacial score (nSPS) is 10.8. The third kappa shape index (κ3) is 3.23. The van der Waals surface area contributed by atoms with Crippen LogP contribution >= 0.6 is 11.6 Å². The summed E-state index contributed by atoms with van der Waals surface area (Å²) in [7, 11) is 0. The zero-order chi connectivity index (χ0) is 10.8. The molecule has 0 atom stereocenters. The van der Waals surface area contributed by atoms with E-state index in [4.69, 9.17) is 21.6 Å². The van der Waals surface area contributed by atoms with Gasteiger partial charge < -0.3 is 4.74 Å². The number of hydrogen-bond donors (Lipinski definition) is 0. The lowest BCUT2D eigenvalue weighted by Gasteiger charge is -2.20. The molecule has 3 nitrogen and oxygen atoms in total. The standard InChI is InChI=1S/C10H11ClN2O/c1-10(2,3)14-9-5-7(6-12)4-8(11)13-9/h4-5H,1-3H3. The summed E-state index contributed by atoms with van der Waals surface area (Å²) in [4.78, 5) is 3.96. The van der Waals surface area contributed by atoms with Crippen LogP contribution < -0.4 is 4.74 Å². The lowest BCUT2D eigenvalue weighted by atomic mass is 10.2. The van der Waals surface area contributed by atoms with Gasteiger partial charge in [0.05, 0.1) is 11.6 Å². The summed E-state index contributed by atoms with van der Waals surface area (Å²) in [6.07, 6.45) is 0. The Morgan fingerprint density at radius 1 is 1.43 bits per heavy atom. The fourth-order valence-electron chi connectivity index (χ4n) is 0.903. The molecule has 0 amide bonds. The van der Waals surface area contributed by atoms with Gasteiger partial charge in [0.15, 0.2) is 0 Å². The van der Waals surface area contributed by atoms with Gasteiger partial charge in [-0.3, -0.25) is 0 Å². The summed E-state index contributed by atoms with van der Waals surface area (Å²) in [6.45, 7) is 5.71. The van der Waals surface area contributed by atoms with Crippen molar-refractivity contribution in [3.8, 4) is 11.9 Å². The summed E-state index contributed by atoms with van der Waals surface area (Å²) in [5, 5.41) is 8.96. The zero-order valence-electron chi connectivity index (χ0n) is 8.34. The van der Waals surface area contributed by atoms with Crippen molar-refractivity contribution in [1.82, 2.24) is 4.98 Å². The van der Waals surface area contributed by atoms with E-state index in [1.165, 1.54) is 6.07 Å². The molecule has 0 aliphatic carbocycles. The molecular formula is C10H11ClN2O. The van der Waals surface area contributed by atoms with E-state index in [1.807, 2.05) is 26.8 Å². The summed E-state index contributed by atoms with van der Waals surface area (Å²) < 4.78 is 5.48. The zero-order valence-corrected chi connectivity index (χ0v) is 9.09. The predicted octanol–water partition coefficient (Wildman–Crippen LogP) is 2.78. The molecule has 0 saturated carbocycles. The monoisotopic (exact) mass is 210 g/mol. The van der Waals surface area contributed by atoms with Gasteiger partial charge >= 0.3 is 0 Å². The van der Waals surface area contributed by atoms with Crippen molar-refractivity contribution >= 4 is 11.6 Å². The van der Waals surface area contributed by atoms with E-state index < -0.39 is 0 Å². The van der Waals surface area contributed by atoms with E-state index in [1.54, 1.807) is 6.07 Å². The summed E-state index contributed by atoms with van der Waals surface area (Å²) in [5.41, 5.74) is 0.106. The lowest BCUT2D eigenvalue weighted by molar-refractivity contribution is 0.124. The Balaban J connectivity index is 3.00. The van der Waals surface area contributed by atoms with Gasteiger partial charge in [-0.25, -0.2) is 4.98 Å². The van der Waals surface area contributed by atoms with Crippen LogP contribution in [0.4, 0.5) is 0 Å². The van der Waals surface area contributed by atoms with Gasteiger partial charge in [0.2, 0.25) is 5.88 Å². The summed E-state index contributed by atoms with van der Waals surface area (Å²) >= 11 is 5.72. The lowest BCUT2D eigenvalue weighted by Crippen LogP contribution is -2.23. The number of pyridine rings is 1. The fraction of sp³-hybridized carbons (Fsp3) is 0.400. The Morgan fingerprint density at radius 3 is 2.57 bits per heavy atom. The molecule has 0 aliphatic heterocycles. The highest BCUT2D eigenvalue weighted by Gasteiger charge is 2.13. The molecule has 4 heteroatoms. The molecule has 0 aromatic carbocycles. The van der Waals surface area contributed by atoms with Gasteiger partial charge in [0.1, 0.15) is 10.8 Å². The summed E-state index contributed by atoms with van der Waals surface area (Å²) in [5.74, 6) is 0.376. The van der Waals surface area contributed by atoms with Crippen molar-refractivity contribution < 1.29 is 4.74 Å². The van der Waals surface area contributed by atoms with E-state index in [-0.39, 0.29) is 10.8 Å². The molecule has 1 rings (SSSR count). The Kier molecular flexibility index (Phi) is 2.97. The van der Waals surface area contributed by atoms with Crippen LogP contribution in [0.15, 0.2) is 12.1 Å². The average molecular weight is 211 g/mol. The predicted molar refractivity (Wildman–Crippen MR) is 54.3 cm³/mol. The minimum atomic E-state index is -0.343. The van der Waals surface area contributed by atoms with Crippen LogP contribution in [0.25, 0.3) is 0 Å². The highest BCUT2D eigenvalue weighted by molar-refractivity contribution is 6.29. The molecule has 1 heterocycles. The van der Waals surface area contributed by atoms with E-state index in [2.05, 4.69) is 4.98 Å². The number of nitrogens with zero attached hydrogens (tertiary/aromatic N) is 2. The number of aromatic nitrogens is 1. The van der Waals surface area contributed by atoms with Gasteiger partial charge in [0.25, 0.3) is 0 Å². The first-order chi connectivity index (χ1) is 6.40. The maximum Gasteiger partial charge on any atom is 0.216 e. The third-order valence-electron chi connectivity index (χ3n) is 1.31. The first-order valence-electron chi connectivity index (χ1n) is 4.17. The third-order valence-corrected chi connectivity index (χ3v) is 1.50. The minimum Gasteiger partial charge on any atom is -0.472 e. The van der Waals surface area contributed by atoms with E-state index in [0.29, 0.717) is 11.4 Å². The van der Waals surface area contributed by atoms with Crippen molar-refractivity contribution in [1.29, 1.82) is 5.26 Å². The maximum absolute atomic E-state index is 8.69. The van der Waals surface area contributed by atoms with Crippen LogP contribution in [-0.4, -0.2) is 10.6 Å². The van der Waals surface area contributed by atoms with Crippen LogP contribution in [0, 0.1) is 11.3 Å². The van der Waals surface area contributed by atoms with Crippen molar-refractivity contribution in [3.63, 3.8) is 0 Å². The van der Waals surface area contributed by atoms with Crippen molar-refractivity contribution in [2.24, 2.45) is 0 Å². The van der Waals surface area contributed by atoms with Crippen LogP contribution in [0.1, 0.15) is 26.3 Å². The Morgan fingerprint density at radius 2 is 2.07 bits per heavy atom. The molecule has 0 spiro atoms. The van der Waals surface area contributed by atoms with Gasteiger partial charge in [-0.05, 0) is 26.8 Å². The Labute approximate surface area is 88.3 Å². The van der Waals surface area contributed by atoms with Crippen molar-refractivity contribution in [2.75, 3.05) is 0 Å². The maximum atomic E-state index is 8.69. The largest absolute Gasteiger partial charge is 0.472 e. The Hall–Kier alpha value is -1.27. The van der Waals surface area contributed by atoms with Gasteiger partial charge in [-0.2, -0.15) is 5.26 Å². The van der Waals surface area contributed by atoms with Crippen LogP contribution in [-0.2, 0) is 0 Å². The summed E-state index contributed by atoms with van der Waals surface area (Å²) in [6, 6.07) is 5.05. The topological polar surface area (TPSA) is 45.9 Å². The fourth-order valence-corrected chi connectivity index (χ4v) is 1.10. The molecule has 1 aromatic heterocycles. The van der Waals surface area contributed by atoms with E-state index in [9.17, 15) is 0 Å². The highest BCUT2D eigenvalue weighted by atomic mass is 35.5. The average Bonchev–Trinajstić information content (AvgIpc) is 1.99.